The van der Waals surface area contributed by atoms with Crippen LogP contribution in [0.2, 0.25) is 0 Å². The third-order valence-corrected chi connectivity index (χ3v) is 4.81. The van der Waals surface area contributed by atoms with Gasteiger partial charge >= 0.3 is 5.97 Å². The van der Waals surface area contributed by atoms with Crippen molar-refractivity contribution in [1.29, 1.82) is 0 Å². The number of rotatable bonds is 4. The van der Waals surface area contributed by atoms with Gasteiger partial charge in [-0.05, 0) is 30.7 Å². The molecule has 2 atom stereocenters. The largest absolute Gasteiger partial charge is 0.496 e. The summed E-state index contributed by atoms with van der Waals surface area (Å²) in [6.07, 6.45) is 0. The molecule has 2 aliphatic heterocycles. The third-order valence-electron chi connectivity index (χ3n) is 4.81. The molecule has 2 saturated heterocycles. The lowest BCUT2D eigenvalue weighted by Gasteiger charge is -2.30. The van der Waals surface area contributed by atoms with E-state index in [-0.39, 0.29) is 24.4 Å². The van der Waals surface area contributed by atoms with Crippen LogP contribution in [-0.2, 0) is 9.53 Å². The molecule has 25 heavy (non-hydrogen) atoms. The molecule has 2 aliphatic rings. The highest BCUT2D eigenvalue weighted by Gasteiger charge is 2.36. The number of hydrogen-bond donors (Lipinski definition) is 1. The maximum atomic E-state index is 13.1. The van der Waals surface area contributed by atoms with Crippen LogP contribution in [0.3, 0.4) is 0 Å². The zero-order chi connectivity index (χ0) is 18.0. The van der Waals surface area contributed by atoms with E-state index >= 15 is 0 Å². The molecule has 0 aromatic heterocycles. The lowest BCUT2D eigenvalue weighted by molar-refractivity contribution is -0.138. The van der Waals surface area contributed by atoms with E-state index in [0.717, 1.165) is 11.3 Å². The quantitative estimate of drug-likeness (QED) is 0.869. The van der Waals surface area contributed by atoms with Crippen molar-refractivity contribution in [3.63, 3.8) is 0 Å². The number of carboxylic acids is 1. The fourth-order valence-electron chi connectivity index (χ4n) is 3.69. The fourth-order valence-corrected chi connectivity index (χ4v) is 3.69. The molecule has 2 fully saturated rings. The topological polar surface area (TPSA) is 79.3 Å². The van der Waals surface area contributed by atoms with Crippen LogP contribution in [-0.4, -0.2) is 79.3 Å². The Kier molecular flexibility index (Phi) is 5.24. The van der Waals surface area contributed by atoms with Crippen molar-refractivity contribution in [2.45, 2.75) is 13.0 Å². The van der Waals surface area contributed by atoms with Gasteiger partial charge < -0.3 is 19.5 Å². The molecule has 3 rings (SSSR count). The number of nitrogens with zero attached hydrogens (tertiary/aromatic N) is 2. The Morgan fingerprint density at radius 2 is 2.08 bits per heavy atom. The molecule has 1 aromatic carbocycles. The van der Waals surface area contributed by atoms with Crippen LogP contribution < -0.4 is 4.74 Å². The Morgan fingerprint density at radius 3 is 2.76 bits per heavy atom. The lowest BCUT2D eigenvalue weighted by Crippen LogP contribution is -2.47. The van der Waals surface area contributed by atoms with Crippen LogP contribution in [0.4, 0.5) is 0 Å². The molecular formula is C18H24N2O5. The van der Waals surface area contributed by atoms with Gasteiger partial charge in [-0.3, -0.25) is 14.5 Å². The Bertz CT molecular complexity index is 663. The maximum absolute atomic E-state index is 13.1. The van der Waals surface area contributed by atoms with Crippen LogP contribution in [0.25, 0.3) is 0 Å². The predicted octanol–water partition coefficient (Wildman–Crippen LogP) is 0.861. The number of carbonyl (C=O) groups excluding carboxylic acids is 1. The van der Waals surface area contributed by atoms with Gasteiger partial charge in [-0.15, -0.1) is 0 Å². The van der Waals surface area contributed by atoms with Crippen molar-refractivity contribution in [2.24, 2.45) is 5.92 Å². The summed E-state index contributed by atoms with van der Waals surface area (Å²) in [5.74, 6) is -0.00903. The first-order chi connectivity index (χ1) is 12.0. The van der Waals surface area contributed by atoms with Crippen LogP contribution in [0.15, 0.2) is 18.2 Å². The molecule has 7 heteroatoms. The maximum Gasteiger partial charge on any atom is 0.317 e. The van der Waals surface area contributed by atoms with E-state index in [1.165, 1.54) is 0 Å². The van der Waals surface area contributed by atoms with Crippen LogP contribution in [0, 0.1) is 12.8 Å². The number of amides is 1. The molecule has 136 valence electrons. The summed E-state index contributed by atoms with van der Waals surface area (Å²) < 4.78 is 11.0. The van der Waals surface area contributed by atoms with E-state index in [9.17, 15) is 9.59 Å². The molecule has 2 heterocycles. The first-order valence-corrected chi connectivity index (χ1v) is 8.45. The highest BCUT2D eigenvalue weighted by atomic mass is 16.5. The number of aliphatic carboxylic acids is 1. The van der Waals surface area contributed by atoms with Gasteiger partial charge in [-0.1, -0.05) is 0 Å². The van der Waals surface area contributed by atoms with Crippen LogP contribution >= 0.6 is 0 Å². The Labute approximate surface area is 147 Å². The first kappa shape index (κ1) is 17.7. The van der Waals surface area contributed by atoms with E-state index in [1.54, 1.807) is 19.2 Å². The van der Waals surface area contributed by atoms with E-state index in [0.29, 0.717) is 38.4 Å². The summed E-state index contributed by atoms with van der Waals surface area (Å²) in [5, 5.41) is 9.09. The fraction of sp³-hybridized carbons (Fsp3) is 0.556. The van der Waals surface area contributed by atoms with Gasteiger partial charge in [0.1, 0.15) is 5.75 Å². The Balaban J connectivity index is 1.82. The van der Waals surface area contributed by atoms with Gasteiger partial charge in [0.2, 0.25) is 0 Å². The second-order valence-corrected chi connectivity index (χ2v) is 6.79. The van der Waals surface area contributed by atoms with E-state index in [4.69, 9.17) is 14.6 Å². The summed E-state index contributed by atoms with van der Waals surface area (Å²) in [7, 11) is 1.61. The van der Waals surface area contributed by atoms with Crippen molar-refractivity contribution in [2.75, 3.05) is 46.5 Å². The van der Waals surface area contributed by atoms with Gasteiger partial charge in [-0.25, -0.2) is 0 Å². The summed E-state index contributed by atoms with van der Waals surface area (Å²) in [6.45, 7) is 4.64. The number of methoxy groups -OCH3 is 1. The van der Waals surface area contributed by atoms with Crippen molar-refractivity contribution >= 4 is 11.9 Å². The SMILES string of the molecule is COc1ccc(C(=O)N2C[C@H]3COC[C@@H]2CN(CC(=O)O)C3)cc1C. The standard InChI is InChI=1S/C18H24N2O5/c1-12-5-14(3-4-16(12)24-2)18(23)20-7-13-6-19(9-17(21)22)8-15(20)11-25-10-13/h3-5,13,15H,6-11H2,1-2H3,(H,21,22)/t13-,15-/m0/s1. The van der Waals surface area contributed by atoms with Crippen LogP contribution in [0.1, 0.15) is 15.9 Å². The molecule has 1 N–H and O–H groups in total. The number of benzene rings is 1. The molecule has 1 amide bonds. The van der Waals surface area contributed by atoms with Gasteiger partial charge in [0, 0.05) is 31.1 Å². The van der Waals surface area contributed by atoms with E-state index in [1.807, 2.05) is 22.8 Å². The molecule has 1 aromatic rings. The number of hydrogen-bond acceptors (Lipinski definition) is 5. The summed E-state index contributed by atoms with van der Waals surface area (Å²) in [4.78, 5) is 27.9. The van der Waals surface area contributed by atoms with Crippen molar-refractivity contribution in [3.05, 3.63) is 29.3 Å². The van der Waals surface area contributed by atoms with Crippen LogP contribution in [0.5, 0.6) is 5.75 Å². The van der Waals surface area contributed by atoms with Crippen molar-refractivity contribution < 1.29 is 24.2 Å². The number of carbonyl (C=O) groups is 2. The Hall–Kier alpha value is -2.12. The normalized spacial score (nSPS) is 23.8. The molecule has 2 bridgehead atoms. The van der Waals surface area contributed by atoms with Crippen molar-refractivity contribution in [1.82, 2.24) is 9.80 Å². The first-order valence-electron chi connectivity index (χ1n) is 8.45. The smallest absolute Gasteiger partial charge is 0.317 e. The summed E-state index contributed by atoms with van der Waals surface area (Å²) >= 11 is 0. The average molecular weight is 348 g/mol. The zero-order valence-electron chi connectivity index (χ0n) is 14.6. The minimum Gasteiger partial charge on any atom is -0.496 e. The zero-order valence-corrected chi connectivity index (χ0v) is 14.6. The predicted molar refractivity (Wildman–Crippen MR) is 90.9 cm³/mol. The number of aryl methyl sites for hydroxylation is 1. The van der Waals surface area contributed by atoms with Gasteiger partial charge in [-0.2, -0.15) is 0 Å². The average Bonchev–Trinajstić information content (AvgIpc) is 2.84. The molecule has 0 spiro atoms. The lowest BCUT2D eigenvalue weighted by atomic mass is 10.1. The van der Waals surface area contributed by atoms with Gasteiger partial charge in [0.05, 0.1) is 32.9 Å². The molecule has 0 aliphatic carbocycles. The molecular weight excluding hydrogens is 324 g/mol. The van der Waals surface area contributed by atoms with E-state index in [2.05, 4.69) is 0 Å². The summed E-state index contributed by atoms with van der Waals surface area (Å²) in [6, 6.07) is 5.28. The number of fused-ring (bicyclic) bond motifs is 3. The number of ether oxygens (including phenoxy) is 2. The highest BCUT2D eigenvalue weighted by molar-refractivity contribution is 5.95. The summed E-state index contributed by atoms with van der Waals surface area (Å²) in [5.41, 5.74) is 1.53. The molecule has 0 saturated carbocycles. The molecule has 7 nitrogen and oxygen atoms in total. The Morgan fingerprint density at radius 1 is 1.28 bits per heavy atom. The van der Waals surface area contributed by atoms with Gasteiger partial charge in [0.25, 0.3) is 5.91 Å². The minimum absolute atomic E-state index is 0.00330. The van der Waals surface area contributed by atoms with E-state index < -0.39 is 5.97 Å². The second kappa shape index (κ2) is 7.41. The van der Waals surface area contributed by atoms with Gasteiger partial charge in [0.15, 0.2) is 0 Å². The molecule has 0 radical (unpaired) electrons. The monoisotopic (exact) mass is 348 g/mol. The second-order valence-electron chi connectivity index (χ2n) is 6.79. The van der Waals surface area contributed by atoms with Crippen molar-refractivity contribution in [3.8, 4) is 5.75 Å². The third kappa shape index (κ3) is 3.93. The minimum atomic E-state index is -0.843. The highest BCUT2D eigenvalue weighted by Crippen LogP contribution is 2.24. The molecule has 0 unspecified atom stereocenters. The number of carboxylic acid groups (broad SMARTS) is 1.